The maximum Gasteiger partial charge on any atom is 0.170 e. The van der Waals surface area contributed by atoms with E-state index in [0.29, 0.717) is 0 Å². The van der Waals surface area contributed by atoms with Crippen molar-refractivity contribution in [3.63, 3.8) is 0 Å². The van der Waals surface area contributed by atoms with Crippen LogP contribution in [0.15, 0.2) is 18.3 Å². The van der Waals surface area contributed by atoms with Crippen LogP contribution in [-0.2, 0) is 0 Å². The molecule has 2 aromatic heterocycles. The first kappa shape index (κ1) is 8.56. The van der Waals surface area contributed by atoms with Gasteiger partial charge in [-0.3, -0.25) is 8.96 Å². The van der Waals surface area contributed by atoms with Gasteiger partial charge < -0.3 is 0 Å². The first-order valence-corrected chi connectivity index (χ1v) is 4.63. The third-order valence-corrected chi connectivity index (χ3v) is 2.64. The van der Waals surface area contributed by atoms with Crippen LogP contribution in [-0.4, -0.2) is 8.96 Å². The molecule has 2 heterocycles. The predicted molar refractivity (Wildman–Crippen MR) is 53.3 cm³/mol. The SMILES string of the molecule is Cc1cc2c(cn1)cc(C)n2SF. The fraction of sp³-hybridized carbons (Fsp3) is 0.222. The Balaban J connectivity index is 2.80. The van der Waals surface area contributed by atoms with Gasteiger partial charge in [0.2, 0.25) is 0 Å². The van der Waals surface area contributed by atoms with E-state index in [1.165, 1.54) is 0 Å². The summed E-state index contributed by atoms with van der Waals surface area (Å²) in [6, 6.07) is 3.81. The van der Waals surface area contributed by atoms with Crippen molar-refractivity contribution < 1.29 is 3.89 Å². The normalized spacial score (nSPS) is 11.0. The summed E-state index contributed by atoms with van der Waals surface area (Å²) in [4.78, 5) is 4.15. The van der Waals surface area contributed by atoms with Crippen molar-refractivity contribution in [2.45, 2.75) is 13.8 Å². The van der Waals surface area contributed by atoms with Crippen molar-refractivity contribution in [1.82, 2.24) is 8.96 Å². The maximum atomic E-state index is 12.5. The first-order valence-electron chi connectivity index (χ1n) is 3.96. The number of aryl methyl sites for hydroxylation is 2. The summed E-state index contributed by atoms with van der Waals surface area (Å²) < 4.78 is 14.1. The quantitative estimate of drug-likeness (QED) is 0.697. The highest BCUT2D eigenvalue weighted by atomic mass is 32.2. The molecule has 0 spiro atoms. The molecule has 0 fully saturated rings. The van der Waals surface area contributed by atoms with Crippen LogP contribution >= 0.6 is 12.3 Å². The van der Waals surface area contributed by atoms with Crippen molar-refractivity contribution >= 4 is 23.2 Å². The predicted octanol–water partition coefficient (Wildman–Crippen LogP) is 3.03. The number of pyridine rings is 1. The number of rotatable bonds is 1. The zero-order valence-corrected chi connectivity index (χ0v) is 8.23. The summed E-state index contributed by atoms with van der Waals surface area (Å²) in [5, 5.41) is 0.980. The minimum absolute atomic E-state index is 0.229. The molecule has 0 saturated heterocycles. The smallest absolute Gasteiger partial charge is 0.170 e. The van der Waals surface area contributed by atoms with E-state index in [9.17, 15) is 3.89 Å². The summed E-state index contributed by atoms with van der Waals surface area (Å²) in [6.07, 6.45) is 1.77. The second-order valence-corrected chi connectivity index (χ2v) is 3.54. The van der Waals surface area contributed by atoms with Crippen molar-refractivity contribution in [2.75, 3.05) is 0 Å². The lowest BCUT2D eigenvalue weighted by Gasteiger charge is -1.98. The highest BCUT2D eigenvalue weighted by Gasteiger charge is 2.06. The van der Waals surface area contributed by atoms with E-state index in [1.54, 1.807) is 10.2 Å². The van der Waals surface area contributed by atoms with E-state index in [1.807, 2.05) is 26.0 Å². The van der Waals surface area contributed by atoms with Gasteiger partial charge in [0.15, 0.2) is 12.3 Å². The molecule has 0 bridgehead atoms. The van der Waals surface area contributed by atoms with Crippen LogP contribution in [0.2, 0.25) is 0 Å². The molecule has 0 N–H and O–H groups in total. The Morgan fingerprint density at radius 1 is 1.38 bits per heavy atom. The van der Waals surface area contributed by atoms with Crippen LogP contribution in [0.3, 0.4) is 0 Å². The first-order chi connectivity index (χ1) is 6.22. The summed E-state index contributed by atoms with van der Waals surface area (Å²) >= 11 is 0.229. The van der Waals surface area contributed by atoms with Gasteiger partial charge in [-0.15, -0.1) is 3.89 Å². The number of aromatic nitrogens is 2. The van der Waals surface area contributed by atoms with Gasteiger partial charge >= 0.3 is 0 Å². The maximum absolute atomic E-state index is 12.5. The molecule has 0 unspecified atom stereocenters. The Kier molecular flexibility index (Phi) is 2.00. The second-order valence-electron chi connectivity index (χ2n) is 3.03. The monoisotopic (exact) mass is 196 g/mol. The molecule has 4 heteroatoms. The third-order valence-electron chi connectivity index (χ3n) is 2.02. The minimum Gasteiger partial charge on any atom is -0.261 e. The topological polar surface area (TPSA) is 17.8 Å². The van der Waals surface area contributed by atoms with Crippen molar-refractivity contribution in [3.05, 3.63) is 29.7 Å². The molecule has 2 rings (SSSR count). The fourth-order valence-corrected chi connectivity index (χ4v) is 1.80. The molecule has 0 aromatic carbocycles. The van der Waals surface area contributed by atoms with Gasteiger partial charge in [0, 0.05) is 23.0 Å². The Morgan fingerprint density at radius 2 is 2.15 bits per heavy atom. The third kappa shape index (κ3) is 1.31. The molecule has 0 saturated carbocycles. The molecule has 13 heavy (non-hydrogen) atoms. The lowest BCUT2D eigenvalue weighted by Crippen LogP contribution is -1.86. The van der Waals surface area contributed by atoms with Crippen LogP contribution in [0.5, 0.6) is 0 Å². The number of fused-ring (bicyclic) bond motifs is 1. The van der Waals surface area contributed by atoms with E-state index in [2.05, 4.69) is 4.98 Å². The minimum atomic E-state index is 0.229. The second kappa shape index (κ2) is 3.03. The van der Waals surface area contributed by atoms with Crippen LogP contribution in [0.25, 0.3) is 10.9 Å². The van der Waals surface area contributed by atoms with Gasteiger partial charge in [-0.1, -0.05) is 0 Å². The zero-order valence-electron chi connectivity index (χ0n) is 7.41. The van der Waals surface area contributed by atoms with Crippen molar-refractivity contribution in [1.29, 1.82) is 0 Å². The van der Waals surface area contributed by atoms with Gasteiger partial charge in [0.05, 0.1) is 5.52 Å². The Bertz CT molecular complexity index is 450. The summed E-state index contributed by atoms with van der Waals surface area (Å²) in [5.41, 5.74) is 2.69. The average molecular weight is 196 g/mol. The molecule has 0 aliphatic carbocycles. The fourth-order valence-electron chi connectivity index (χ4n) is 1.41. The summed E-state index contributed by atoms with van der Waals surface area (Å²) in [6.45, 7) is 3.77. The molecular weight excluding hydrogens is 187 g/mol. The Labute approximate surface area is 80.2 Å². The van der Waals surface area contributed by atoms with Crippen LogP contribution < -0.4 is 0 Å². The molecule has 2 aromatic rings. The summed E-state index contributed by atoms with van der Waals surface area (Å²) in [5.74, 6) is 0. The number of hydrogen-bond donors (Lipinski definition) is 0. The van der Waals surface area contributed by atoms with E-state index in [-0.39, 0.29) is 12.3 Å². The number of halogens is 1. The van der Waals surface area contributed by atoms with Crippen molar-refractivity contribution in [3.8, 4) is 0 Å². The molecule has 0 aliphatic heterocycles. The van der Waals surface area contributed by atoms with Gasteiger partial charge in [-0.2, -0.15) is 0 Å². The average Bonchev–Trinajstić information content (AvgIpc) is 2.40. The lowest BCUT2D eigenvalue weighted by molar-refractivity contribution is 0.916. The standard InChI is InChI=1S/C9H9FN2S/c1-6-3-9-8(5-11-6)4-7(2)12(9)13-10/h3-5H,1-2H3. The highest BCUT2D eigenvalue weighted by Crippen LogP contribution is 2.24. The van der Waals surface area contributed by atoms with Crippen molar-refractivity contribution in [2.24, 2.45) is 0 Å². The molecule has 0 atom stereocenters. The number of nitrogens with zero attached hydrogens (tertiary/aromatic N) is 2. The molecule has 2 nitrogen and oxygen atoms in total. The van der Waals surface area contributed by atoms with Gasteiger partial charge in [-0.05, 0) is 26.0 Å². The zero-order chi connectivity index (χ0) is 9.42. The van der Waals surface area contributed by atoms with E-state index in [0.717, 1.165) is 22.3 Å². The van der Waals surface area contributed by atoms with Crippen LogP contribution in [0, 0.1) is 13.8 Å². The van der Waals surface area contributed by atoms with Crippen LogP contribution in [0.4, 0.5) is 3.89 Å². The Morgan fingerprint density at radius 3 is 2.85 bits per heavy atom. The molecular formula is C9H9FN2S. The lowest BCUT2D eigenvalue weighted by atomic mass is 10.3. The van der Waals surface area contributed by atoms with E-state index in [4.69, 9.17) is 0 Å². The van der Waals surface area contributed by atoms with Gasteiger partial charge in [0.25, 0.3) is 0 Å². The van der Waals surface area contributed by atoms with Gasteiger partial charge in [0.1, 0.15) is 0 Å². The molecule has 0 amide bonds. The molecule has 0 radical (unpaired) electrons. The van der Waals surface area contributed by atoms with Crippen LogP contribution in [0.1, 0.15) is 11.4 Å². The van der Waals surface area contributed by atoms with E-state index < -0.39 is 0 Å². The summed E-state index contributed by atoms with van der Waals surface area (Å²) in [7, 11) is 0. The molecule has 0 aliphatic rings. The largest absolute Gasteiger partial charge is 0.261 e. The highest BCUT2D eigenvalue weighted by molar-refractivity contribution is 7.93. The van der Waals surface area contributed by atoms with Gasteiger partial charge in [-0.25, -0.2) is 0 Å². The molecule has 68 valence electrons. The van der Waals surface area contributed by atoms with E-state index >= 15 is 0 Å². The Hall–Kier alpha value is -1.03. The number of hydrogen-bond acceptors (Lipinski definition) is 2.